The number of fused-ring (bicyclic) bond motifs is 2. The van der Waals surface area contributed by atoms with Gasteiger partial charge in [-0.25, -0.2) is 0 Å². The minimum Gasteiger partial charge on any atom is -0.316 e. The summed E-state index contributed by atoms with van der Waals surface area (Å²) in [5.74, 6) is 0. The smallest absolute Gasteiger partial charge is 0.0739 e. The molecule has 1 aliphatic carbocycles. The third-order valence-electron chi connectivity index (χ3n) is 4.64. The second kappa shape index (κ2) is 5.45. The van der Waals surface area contributed by atoms with Crippen LogP contribution in [0.3, 0.4) is 0 Å². The van der Waals surface area contributed by atoms with Gasteiger partial charge in [0.2, 0.25) is 0 Å². The number of piperidine rings is 1. The quantitative estimate of drug-likeness (QED) is 0.798. The third kappa shape index (κ3) is 2.30. The highest BCUT2D eigenvalue weighted by Gasteiger charge is 2.22. The molecule has 1 N–H and O–H groups in total. The van der Waals surface area contributed by atoms with Crippen molar-refractivity contribution in [3.63, 3.8) is 0 Å². The van der Waals surface area contributed by atoms with Crippen molar-refractivity contribution < 1.29 is 0 Å². The molecule has 1 aromatic heterocycles. The lowest BCUT2D eigenvalue weighted by Crippen LogP contribution is -2.24. The van der Waals surface area contributed by atoms with Crippen LogP contribution in [-0.4, -0.2) is 18.1 Å². The topological polar surface area (TPSA) is 24.9 Å². The number of aromatic nitrogens is 1. The molecule has 2 aromatic rings. The van der Waals surface area contributed by atoms with Gasteiger partial charge in [0, 0.05) is 11.8 Å². The molecule has 0 atom stereocenters. The van der Waals surface area contributed by atoms with Crippen molar-refractivity contribution in [2.45, 2.75) is 25.7 Å². The Morgan fingerprint density at radius 1 is 0.810 bits per heavy atom. The first-order valence-electron chi connectivity index (χ1n) is 7.89. The van der Waals surface area contributed by atoms with Crippen molar-refractivity contribution in [3.8, 4) is 0 Å². The van der Waals surface area contributed by atoms with Crippen LogP contribution < -0.4 is 5.32 Å². The molecular weight excluding hydrogens is 256 g/mol. The van der Waals surface area contributed by atoms with Gasteiger partial charge in [0.1, 0.15) is 0 Å². The van der Waals surface area contributed by atoms with Crippen molar-refractivity contribution >= 4 is 5.57 Å². The first-order valence-corrected chi connectivity index (χ1v) is 7.89. The average Bonchev–Trinajstić information content (AvgIpc) is 2.72. The minimum atomic E-state index is 1.09. The van der Waals surface area contributed by atoms with Crippen molar-refractivity contribution in [1.29, 1.82) is 0 Å². The molecule has 2 aliphatic rings. The SMILES string of the molecule is c1ccc2c(c1)CCc1cccnc1C2=C1CCNCC1. The number of benzene rings is 1. The lowest BCUT2D eigenvalue weighted by molar-refractivity contribution is 0.611. The van der Waals surface area contributed by atoms with E-state index >= 15 is 0 Å². The first kappa shape index (κ1) is 12.8. The van der Waals surface area contributed by atoms with Gasteiger partial charge in [-0.3, -0.25) is 4.98 Å². The van der Waals surface area contributed by atoms with E-state index in [1.165, 1.54) is 28.0 Å². The third-order valence-corrected chi connectivity index (χ3v) is 4.64. The summed E-state index contributed by atoms with van der Waals surface area (Å²) < 4.78 is 0. The van der Waals surface area contributed by atoms with Gasteiger partial charge in [-0.1, -0.05) is 35.9 Å². The molecular formula is C19H20N2. The highest BCUT2D eigenvalue weighted by Crippen LogP contribution is 2.36. The molecule has 0 unspecified atom stereocenters. The van der Waals surface area contributed by atoms with Gasteiger partial charge in [-0.15, -0.1) is 0 Å². The van der Waals surface area contributed by atoms with E-state index in [1.54, 1.807) is 5.57 Å². The first-order chi connectivity index (χ1) is 10.4. The molecule has 0 amide bonds. The lowest BCUT2D eigenvalue weighted by atomic mass is 9.89. The molecule has 1 aromatic carbocycles. The van der Waals surface area contributed by atoms with Crippen LogP contribution in [0.2, 0.25) is 0 Å². The van der Waals surface area contributed by atoms with E-state index in [2.05, 4.69) is 41.7 Å². The van der Waals surface area contributed by atoms with Crippen LogP contribution in [0, 0.1) is 0 Å². The molecule has 106 valence electrons. The van der Waals surface area contributed by atoms with Crippen molar-refractivity contribution in [3.05, 3.63) is 70.6 Å². The predicted molar refractivity (Wildman–Crippen MR) is 86.2 cm³/mol. The summed E-state index contributed by atoms with van der Waals surface area (Å²) in [6, 6.07) is 13.2. The van der Waals surface area contributed by atoms with Crippen LogP contribution in [0.1, 0.15) is 35.2 Å². The van der Waals surface area contributed by atoms with E-state index in [4.69, 9.17) is 4.98 Å². The highest BCUT2D eigenvalue weighted by atomic mass is 14.9. The van der Waals surface area contributed by atoms with Crippen LogP contribution >= 0.6 is 0 Å². The molecule has 21 heavy (non-hydrogen) atoms. The van der Waals surface area contributed by atoms with E-state index in [0.29, 0.717) is 0 Å². The van der Waals surface area contributed by atoms with E-state index in [1.807, 2.05) is 6.20 Å². The fourth-order valence-electron chi connectivity index (χ4n) is 3.58. The van der Waals surface area contributed by atoms with E-state index < -0.39 is 0 Å². The Kier molecular flexibility index (Phi) is 3.32. The zero-order valence-electron chi connectivity index (χ0n) is 12.2. The molecule has 4 rings (SSSR count). The second-order valence-electron chi connectivity index (χ2n) is 5.90. The van der Waals surface area contributed by atoms with Crippen LogP contribution in [0.4, 0.5) is 0 Å². The van der Waals surface area contributed by atoms with E-state index in [-0.39, 0.29) is 0 Å². The maximum absolute atomic E-state index is 4.76. The summed E-state index contributed by atoms with van der Waals surface area (Å²) in [6.07, 6.45) is 6.42. The fraction of sp³-hybridized carbons (Fsp3) is 0.316. The summed E-state index contributed by atoms with van der Waals surface area (Å²) in [5, 5.41) is 3.46. The number of nitrogens with one attached hydrogen (secondary N) is 1. The number of rotatable bonds is 0. The number of hydrogen-bond donors (Lipinski definition) is 1. The molecule has 1 saturated heterocycles. The normalized spacial score (nSPS) is 17.9. The molecule has 2 nitrogen and oxygen atoms in total. The molecule has 2 heterocycles. The predicted octanol–water partition coefficient (Wildman–Crippen LogP) is 3.37. The zero-order valence-corrected chi connectivity index (χ0v) is 12.2. The maximum atomic E-state index is 4.76. The Bertz CT molecular complexity index is 643. The van der Waals surface area contributed by atoms with Gasteiger partial charge in [0.15, 0.2) is 0 Å². The summed E-state index contributed by atoms with van der Waals surface area (Å²) >= 11 is 0. The Morgan fingerprint density at radius 3 is 2.48 bits per heavy atom. The molecule has 0 radical (unpaired) electrons. The fourth-order valence-corrected chi connectivity index (χ4v) is 3.58. The number of hydrogen-bond acceptors (Lipinski definition) is 2. The minimum absolute atomic E-state index is 1.09. The molecule has 0 saturated carbocycles. The second-order valence-corrected chi connectivity index (χ2v) is 5.90. The van der Waals surface area contributed by atoms with Gasteiger partial charge >= 0.3 is 0 Å². The van der Waals surface area contributed by atoms with Crippen LogP contribution in [0.15, 0.2) is 48.2 Å². The Balaban J connectivity index is 1.98. The Morgan fingerprint density at radius 2 is 1.57 bits per heavy atom. The molecule has 2 heteroatoms. The number of pyridine rings is 1. The lowest BCUT2D eigenvalue weighted by Gasteiger charge is -2.21. The monoisotopic (exact) mass is 276 g/mol. The van der Waals surface area contributed by atoms with E-state index in [0.717, 1.165) is 38.8 Å². The number of aryl methyl sites for hydroxylation is 2. The highest BCUT2D eigenvalue weighted by molar-refractivity contribution is 5.84. The average molecular weight is 276 g/mol. The maximum Gasteiger partial charge on any atom is 0.0739 e. The standard InChI is InChI=1S/C19H20N2/c1-2-6-17-14(4-1)7-8-16-5-3-11-21-19(16)18(17)15-9-12-20-13-10-15/h1-6,11,20H,7-10,12-13H2. The zero-order chi connectivity index (χ0) is 14.1. The number of nitrogens with zero attached hydrogens (tertiary/aromatic N) is 1. The van der Waals surface area contributed by atoms with Gasteiger partial charge in [-0.05, 0) is 61.5 Å². The molecule has 0 spiro atoms. The summed E-state index contributed by atoms with van der Waals surface area (Å²) in [4.78, 5) is 4.76. The van der Waals surface area contributed by atoms with Crippen molar-refractivity contribution in [1.82, 2.24) is 10.3 Å². The van der Waals surface area contributed by atoms with Crippen LogP contribution in [-0.2, 0) is 12.8 Å². The van der Waals surface area contributed by atoms with Gasteiger partial charge in [0.25, 0.3) is 0 Å². The van der Waals surface area contributed by atoms with Crippen LogP contribution in [0.25, 0.3) is 5.57 Å². The summed E-state index contributed by atoms with van der Waals surface area (Å²) in [5.41, 5.74) is 8.49. The van der Waals surface area contributed by atoms with Gasteiger partial charge in [0.05, 0.1) is 5.69 Å². The molecule has 1 aliphatic heterocycles. The summed E-state index contributed by atoms with van der Waals surface area (Å²) in [6.45, 7) is 2.17. The Hall–Kier alpha value is -1.93. The van der Waals surface area contributed by atoms with Crippen LogP contribution in [0.5, 0.6) is 0 Å². The molecule has 1 fully saturated rings. The van der Waals surface area contributed by atoms with E-state index in [9.17, 15) is 0 Å². The van der Waals surface area contributed by atoms with Gasteiger partial charge < -0.3 is 5.32 Å². The molecule has 0 bridgehead atoms. The largest absolute Gasteiger partial charge is 0.316 e. The van der Waals surface area contributed by atoms with Crippen molar-refractivity contribution in [2.75, 3.05) is 13.1 Å². The van der Waals surface area contributed by atoms with Gasteiger partial charge in [-0.2, -0.15) is 0 Å². The van der Waals surface area contributed by atoms with Crippen molar-refractivity contribution in [2.24, 2.45) is 0 Å². The summed E-state index contributed by atoms with van der Waals surface area (Å²) in [7, 11) is 0. The Labute approximate surface area is 125 Å².